The van der Waals surface area contributed by atoms with Crippen LogP contribution in [0.15, 0.2) is 12.1 Å². The van der Waals surface area contributed by atoms with Crippen molar-refractivity contribution in [2.75, 3.05) is 80.9 Å². The molecular formula is C17H24N4O6. The van der Waals surface area contributed by atoms with Crippen molar-refractivity contribution in [1.29, 1.82) is 0 Å². The highest BCUT2D eigenvalue weighted by Crippen LogP contribution is 2.24. The average Bonchev–Trinajstić information content (AvgIpc) is 2.69. The Morgan fingerprint density at radius 1 is 1.04 bits per heavy atom. The lowest BCUT2D eigenvalue weighted by atomic mass is 10.3. The van der Waals surface area contributed by atoms with E-state index in [4.69, 9.17) is 14.2 Å². The highest BCUT2D eigenvalue weighted by Gasteiger charge is 2.25. The van der Waals surface area contributed by atoms with Crippen LogP contribution in [0.4, 0.5) is 17.3 Å². The van der Waals surface area contributed by atoms with Gasteiger partial charge in [0.1, 0.15) is 12.3 Å². The predicted molar refractivity (Wildman–Crippen MR) is 93.5 cm³/mol. The van der Waals surface area contributed by atoms with E-state index >= 15 is 0 Å². The molecule has 2 saturated heterocycles. The normalized spacial score (nSPS) is 17.6. The Bertz CT molecular complexity index is 659. The monoisotopic (exact) mass is 380 g/mol. The van der Waals surface area contributed by atoms with E-state index in [0.29, 0.717) is 45.2 Å². The van der Waals surface area contributed by atoms with Crippen LogP contribution >= 0.6 is 0 Å². The van der Waals surface area contributed by atoms with Gasteiger partial charge in [0.05, 0.1) is 65.2 Å². The SMILES string of the molecule is O=C([O-])COCC(=O)Nc1ccc(N2CCOCC2)[nH+]c1N1CCOCC1. The van der Waals surface area contributed by atoms with E-state index < -0.39 is 18.5 Å². The zero-order valence-electron chi connectivity index (χ0n) is 15.1. The smallest absolute Gasteiger partial charge is 0.250 e. The van der Waals surface area contributed by atoms with Gasteiger partial charge in [0, 0.05) is 6.07 Å². The van der Waals surface area contributed by atoms with Crippen LogP contribution in [0.5, 0.6) is 0 Å². The molecule has 148 valence electrons. The number of morpholine rings is 2. The zero-order valence-corrected chi connectivity index (χ0v) is 15.1. The Morgan fingerprint density at radius 3 is 2.30 bits per heavy atom. The summed E-state index contributed by atoms with van der Waals surface area (Å²) in [6, 6.07) is 3.75. The Morgan fingerprint density at radius 2 is 1.67 bits per heavy atom. The van der Waals surface area contributed by atoms with Gasteiger partial charge in [-0.1, -0.05) is 0 Å². The van der Waals surface area contributed by atoms with Crippen LogP contribution in [0.3, 0.4) is 0 Å². The Labute approximate surface area is 157 Å². The molecule has 0 saturated carbocycles. The number of hydrogen-bond donors (Lipinski definition) is 1. The van der Waals surface area contributed by atoms with Crippen LogP contribution in [0.25, 0.3) is 0 Å². The Hall–Kier alpha value is -2.43. The lowest BCUT2D eigenvalue weighted by Crippen LogP contribution is -2.43. The van der Waals surface area contributed by atoms with Gasteiger partial charge >= 0.3 is 0 Å². The van der Waals surface area contributed by atoms with Gasteiger partial charge in [-0.15, -0.1) is 0 Å². The maximum atomic E-state index is 12.1. The summed E-state index contributed by atoms with van der Waals surface area (Å²) in [5, 5.41) is 13.2. The van der Waals surface area contributed by atoms with Crippen molar-refractivity contribution in [3.8, 4) is 0 Å². The van der Waals surface area contributed by atoms with Crippen LogP contribution in [0, 0.1) is 0 Å². The van der Waals surface area contributed by atoms with Gasteiger partial charge in [-0.05, 0) is 6.07 Å². The summed E-state index contributed by atoms with van der Waals surface area (Å²) in [7, 11) is 0. The number of nitrogens with one attached hydrogen (secondary N) is 2. The number of pyridine rings is 1. The van der Waals surface area contributed by atoms with Gasteiger partial charge in [-0.2, -0.15) is 0 Å². The summed E-state index contributed by atoms with van der Waals surface area (Å²) in [6.45, 7) is 4.58. The quantitative estimate of drug-likeness (QED) is 0.571. The first-order valence-corrected chi connectivity index (χ1v) is 8.92. The van der Waals surface area contributed by atoms with Gasteiger partial charge in [-0.25, -0.2) is 4.98 Å². The first-order chi connectivity index (χ1) is 13.1. The molecule has 1 aromatic rings. The summed E-state index contributed by atoms with van der Waals surface area (Å²) >= 11 is 0. The number of H-pyrrole nitrogens is 1. The number of carbonyl (C=O) groups excluding carboxylic acids is 2. The second kappa shape index (κ2) is 9.49. The number of ether oxygens (including phenoxy) is 3. The molecule has 2 aliphatic rings. The maximum absolute atomic E-state index is 12.1. The summed E-state index contributed by atoms with van der Waals surface area (Å²) in [5.74, 6) is -0.0557. The summed E-state index contributed by atoms with van der Waals surface area (Å²) < 4.78 is 15.6. The van der Waals surface area contributed by atoms with E-state index in [9.17, 15) is 14.7 Å². The van der Waals surface area contributed by atoms with Crippen LogP contribution in [-0.2, 0) is 23.8 Å². The summed E-state index contributed by atoms with van der Waals surface area (Å²) in [4.78, 5) is 30.2. The minimum absolute atomic E-state index is 0.359. The van der Waals surface area contributed by atoms with E-state index in [1.807, 2.05) is 12.1 Å². The van der Waals surface area contributed by atoms with Crippen molar-refractivity contribution in [2.24, 2.45) is 0 Å². The largest absolute Gasteiger partial charge is 0.548 e. The van der Waals surface area contributed by atoms with Crippen molar-refractivity contribution in [2.45, 2.75) is 0 Å². The molecule has 3 rings (SSSR count). The fourth-order valence-electron chi connectivity index (χ4n) is 3.01. The molecule has 1 amide bonds. The topological polar surface area (TPSA) is 118 Å². The fourth-order valence-corrected chi connectivity index (χ4v) is 3.01. The number of aromatic amines is 1. The molecule has 2 aliphatic heterocycles. The predicted octanol–water partition coefficient (Wildman–Crippen LogP) is -2.12. The van der Waals surface area contributed by atoms with Crippen molar-refractivity contribution >= 4 is 29.2 Å². The number of amides is 1. The molecule has 1 aromatic heterocycles. The fraction of sp³-hybridized carbons (Fsp3) is 0.588. The molecular weight excluding hydrogens is 356 g/mol. The minimum Gasteiger partial charge on any atom is -0.548 e. The van der Waals surface area contributed by atoms with E-state index in [1.54, 1.807) is 0 Å². The molecule has 10 heteroatoms. The third-order valence-corrected chi connectivity index (χ3v) is 4.32. The molecule has 0 radical (unpaired) electrons. The van der Waals surface area contributed by atoms with E-state index in [1.165, 1.54) is 0 Å². The molecule has 2 N–H and O–H groups in total. The highest BCUT2D eigenvalue weighted by molar-refractivity contribution is 5.94. The molecule has 0 aromatic carbocycles. The number of aliphatic carboxylic acids is 1. The molecule has 0 spiro atoms. The van der Waals surface area contributed by atoms with E-state index in [0.717, 1.165) is 24.7 Å². The maximum Gasteiger partial charge on any atom is 0.250 e. The highest BCUT2D eigenvalue weighted by atomic mass is 16.5. The van der Waals surface area contributed by atoms with Crippen LogP contribution in [-0.4, -0.2) is 77.7 Å². The number of rotatable bonds is 7. The Balaban J connectivity index is 1.74. The number of carbonyl (C=O) groups is 2. The molecule has 0 bridgehead atoms. The number of carboxylic acids is 1. The first kappa shape index (κ1) is 19.3. The average molecular weight is 380 g/mol. The number of hydrogen-bond acceptors (Lipinski definition) is 8. The Kier molecular flexibility index (Phi) is 6.80. The van der Waals surface area contributed by atoms with Crippen LogP contribution < -0.4 is 25.2 Å². The molecule has 0 atom stereocenters. The second-order valence-corrected chi connectivity index (χ2v) is 6.22. The summed E-state index contributed by atoms with van der Waals surface area (Å²) in [6.07, 6.45) is 0. The van der Waals surface area contributed by atoms with E-state index in [2.05, 4.69) is 20.1 Å². The number of nitrogens with zero attached hydrogens (tertiary/aromatic N) is 2. The standard InChI is InChI=1S/C17H24N4O6/c22-15(11-27-12-16(23)24)18-13-1-2-14(20-3-7-25-8-4-20)19-17(13)21-5-9-26-10-6-21/h1-2H,3-12H2,(H,18,22)(H,23,24). The lowest BCUT2D eigenvalue weighted by Gasteiger charge is -2.28. The van der Waals surface area contributed by atoms with Crippen molar-refractivity contribution in [3.05, 3.63) is 12.1 Å². The van der Waals surface area contributed by atoms with Gasteiger partial charge in [-0.3, -0.25) is 14.6 Å². The second-order valence-electron chi connectivity index (χ2n) is 6.22. The molecule has 0 unspecified atom stereocenters. The van der Waals surface area contributed by atoms with Crippen molar-refractivity contribution in [1.82, 2.24) is 0 Å². The van der Waals surface area contributed by atoms with E-state index in [-0.39, 0.29) is 6.61 Å². The van der Waals surface area contributed by atoms with Crippen molar-refractivity contribution < 1.29 is 33.9 Å². The third-order valence-electron chi connectivity index (χ3n) is 4.32. The zero-order chi connectivity index (χ0) is 19.1. The number of aromatic nitrogens is 1. The van der Waals surface area contributed by atoms with Gasteiger partial charge in [0.25, 0.3) is 5.91 Å². The molecule has 10 nitrogen and oxygen atoms in total. The van der Waals surface area contributed by atoms with Crippen molar-refractivity contribution in [3.63, 3.8) is 0 Å². The number of carboxylic acid groups (broad SMARTS) is 1. The number of anilines is 3. The van der Waals surface area contributed by atoms with Crippen LogP contribution in [0.1, 0.15) is 0 Å². The first-order valence-electron chi connectivity index (χ1n) is 8.92. The third kappa shape index (κ3) is 5.52. The van der Waals surface area contributed by atoms with Gasteiger partial charge in [0.2, 0.25) is 11.6 Å². The minimum atomic E-state index is -1.36. The lowest BCUT2D eigenvalue weighted by molar-refractivity contribution is -0.350. The molecule has 27 heavy (non-hydrogen) atoms. The molecule has 3 heterocycles. The summed E-state index contributed by atoms with van der Waals surface area (Å²) in [5.41, 5.74) is 0.607. The molecule has 0 aliphatic carbocycles. The van der Waals surface area contributed by atoms with Gasteiger partial charge in [0.15, 0.2) is 0 Å². The van der Waals surface area contributed by atoms with Gasteiger partial charge < -0.3 is 29.4 Å². The molecule has 2 fully saturated rings. The van der Waals surface area contributed by atoms with Crippen LogP contribution in [0.2, 0.25) is 0 Å².